The van der Waals surface area contributed by atoms with Crippen LogP contribution in [0.25, 0.3) is 0 Å². The number of aromatic nitrogens is 2. The third-order valence-corrected chi connectivity index (χ3v) is 5.19. The van der Waals surface area contributed by atoms with Gasteiger partial charge in [-0.05, 0) is 30.5 Å². The van der Waals surface area contributed by atoms with Crippen molar-refractivity contribution >= 4 is 23.5 Å². The lowest BCUT2D eigenvalue weighted by Gasteiger charge is -2.30. The Morgan fingerprint density at radius 1 is 1.19 bits per heavy atom. The monoisotopic (exact) mass is 353 g/mol. The van der Waals surface area contributed by atoms with Crippen molar-refractivity contribution in [3.05, 3.63) is 40.5 Å². The quantitative estimate of drug-likeness (QED) is 0.858. The van der Waals surface area contributed by atoms with Crippen LogP contribution in [-0.2, 0) is 9.53 Å². The van der Waals surface area contributed by atoms with Gasteiger partial charge >= 0.3 is 0 Å². The molecular formula is C19H23N5O2. The number of amides is 1. The fourth-order valence-electron chi connectivity index (χ4n) is 3.55. The minimum absolute atomic E-state index is 0.0493. The van der Waals surface area contributed by atoms with E-state index in [0.717, 1.165) is 11.1 Å². The number of nitrogen functional groups attached to an aromatic ring is 1. The van der Waals surface area contributed by atoms with Crippen molar-refractivity contribution in [2.24, 2.45) is 0 Å². The Kier molecular flexibility index (Phi) is 4.24. The summed E-state index contributed by atoms with van der Waals surface area (Å²) in [6, 6.07) is 6.26. The van der Waals surface area contributed by atoms with Crippen LogP contribution in [0, 0.1) is 13.8 Å². The van der Waals surface area contributed by atoms with Gasteiger partial charge in [0, 0.05) is 31.0 Å². The van der Waals surface area contributed by atoms with E-state index >= 15 is 0 Å². The second kappa shape index (κ2) is 6.57. The number of benzene rings is 1. The molecule has 0 aliphatic carbocycles. The van der Waals surface area contributed by atoms with Crippen molar-refractivity contribution in [1.29, 1.82) is 0 Å². The zero-order chi connectivity index (χ0) is 18.3. The molecule has 0 spiro atoms. The molecule has 3 N–H and O–H groups in total. The molecule has 1 unspecified atom stereocenters. The summed E-state index contributed by atoms with van der Waals surface area (Å²) in [6.07, 6.45) is 0.347. The summed E-state index contributed by atoms with van der Waals surface area (Å²) in [4.78, 5) is 23.5. The van der Waals surface area contributed by atoms with Gasteiger partial charge in [-0.2, -0.15) is 9.97 Å². The average Bonchev–Trinajstić information content (AvgIpc) is 2.63. The van der Waals surface area contributed by atoms with Gasteiger partial charge in [0.2, 0.25) is 11.9 Å². The molecule has 0 saturated carbocycles. The molecule has 1 atom stereocenters. The number of nitrogens with zero attached hydrogens (tertiary/aromatic N) is 3. The molecule has 2 aliphatic heterocycles. The van der Waals surface area contributed by atoms with Crippen LogP contribution >= 0.6 is 0 Å². The summed E-state index contributed by atoms with van der Waals surface area (Å²) in [5.74, 6) is 1.33. The predicted molar refractivity (Wildman–Crippen MR) is 100 cm³/mol. The second-order valence-electron chi connectivity index (χ2n) is 6.92. The number of nitrogens with one attached hydrogen (secondary N) is 1. The number of carbonyl (C=O) groups is 1. The zero-order valence-electron chi connectivity index (χ0n) is 15.1. The number of carbonyl (C=O) groups excluding carboxylic acids is 1. The number of ether oxygens (including phenoxy) is 1. The maximum Gasteiger partial charge on any atom is 0.229 e. The van der Waals surface area contributed by atoms with E-state index in [1.807, 2.05) is 4.90 Å². The van der Waals surface area contributed by atoms with Crippen molar-refractivity contribution in [2.45, 2.75) is 26.2 Å². The van der Waals surface area contributed by atoms with Gasteiger partial charge in [0.1, 0.15) is 11.6 Å². The lowest BCUT2D eigenvalue weighted by atomic mass is 9.85. The molecule has 0 radical (unpaired) electrons. The number of morpholine rings is 1. The van der Waals surface area contributed by atoms with E-state index in [-0.39, 0.29) is 11.8 Å². The van der Waals surface area contributed by atoms with Gasteiger partial charge in [0.15, 0.2) is 0 Å². The Labute approximate surface area is 152 Å². The molecule has 1 amide bonds. The molecule has 136 valence electrons. The molecule has 0 bridgehead atoms. The van der Waals surface area contributed by atoms with Crippen LogP contribution in [0.5, 0.6) is 0 Å². The van der Waals surface area contributed by atoms with Crippen LogP contribution in [0.2, 0.25) is 0 Å². The Hall–Kier alpha value is -2.67. The first-order chi connectivity index (χ1) is 12.5. The molecule has 1 aromatic carbocycles. The first-order valence-corrected chi connectivity index (χ1v) is 8.90. The highest BCUT2D eigenvalue weighted by Crippen LogP contribution is 2.40. The highest BCUT2D eigenvalue weighted by molar-refractivity contribution is 5.95. The number of hydrogen-bond donors (Lipinski definition) is 2. The summed E-state index contributed by atoms with van der Waals surface area (Å²) in [5.41, 5.74) is 10.6. The van der Waals surface area contributed by atoms with E-state index in [2.05, 4.69) is 47.3 Å². The number of nitrogens with two attached hydrogens (primary N) is 1. The average molecular weight is 353 g/mol. The number of fused-ring (bicyclic) bond motifs is 1. The maximum absolute atomic E-state index is 12.3. The van der Waals surface area contributed by atoms with Crippen LogP contribution in [0.4, 0.5) is 17.6 Å². The Morgan fingerprint density at radius 3 is 2.69 bits per heavy atom. The van der Waals surface area contributed by atoms with Crippen molar-refractivity contribution in [3.63, 3.8) is 0 Å². The van der Waals surface area contributed by atoms with E-state index in [1.165, 1.54) is 11.1 Å². The molecule has 1 aromatic heterocycles. The normalized spacial score (nSPS) is 19.8. The second-order valence-corrected chi connectivity index (χ2v) is 6.92. The summed E-state index contributed by atoms with van der Waals surface area (Å²) in [6.45, 7) is 6.85. The van der Waals surface area contributed by atoms with Gasteiger partial charge < -0.3 is 20.7 Å². The lowest BCUT2D eigenvalue weighted by Crippen LogP contribution is -2.38. The van der Waals surface area contributed by atoms with Crippen molar-refractivity contribution < 1.29 is 9.53 Å². The van der Waals surface area contributed by atoms with E-state index in [0.29, 0.717) is 50.3 Å². The summed E-state index contributed by atoms with van der Waals surface area (Å²) >= 11 is 0. The van der Waals surface area contributed by atoms with Crippen LogP contribution in [0.1, 0.15) is 34.6 Å². The molecule has 3 heterocycles. The molecule has 1 fully saturated rings. The third-order valence-electron chi connectivity index (χ3n) is 5.19. The third kappa shape index (κ3) is 2.99. The van der Waals surface area contributed by atoms with E-state index in [1.54, 1.807) is 0 Å². The van der Waals surface area contributed by atoms with Crippen molar-refractivity contribution in [3.8, 4) is 0 Å². The molecule has 4 rings (SSSR count). The first kappa shape index (κ1) is 16.8. The highest BCUT2D eigenvalue weighted by atomic mass is 16.5. The molecular weight excluding hydrogens is 330 g/mol. The number of anilines is 3. The van der Waals surface area contributed by atoms with Crippen LogP contribution in [0.15, 0.2) is 18.2 Å². The van der Waals surface area contributed by atoms with Gasteiger partial charge in [-0.15, -0.1) is 0 Å². The minimum Gasteiger partial charge on any atom is -0.383 e. The Bertz CT molecular complexity index is 861. The topological polar surface area (TPSA) is 93.4 Å². The van der Waals surface area contributed by atoms with Crippen LogP contribution < -0.4 is 16.0 Å². The number of aryl methyl sites for hydroxylation is 2. The first-order valence-electron chi connectivity index (χ1n) is 8.90. The van der Waals surface area contributed by atoms with Gasteiger partial charge in [-0.1, -0.05) is 18.2 Å². The van der Waals surface area contributed by atoms with E-state index in [9.17, 15) is 4.79 Å². The number of hydrogen-bond acceptors (Lipinski definition) is 6. The van der Waals surface area contributed by atoms with E-state index < -0.39 is 0 Å². The van der Waals surface area contributed by atoms with Gasteiger partial charge in [0.05, 0.1) is 13.2 Å². The largest absolute Gasteiger partial charge is 0.383 e. The SMILES string of the molecule is Cc1ccc(C2CC(=O)Nc3nc(N4CCOCC4)nc(N)c32)cc1C. The van der Waals surface area contributed by atoms with Gasteiger partial charge in [-0.3, -0.25) is 4.79 Å². The zero-order valence-corrected chi connectivity index (χ0v) is 15.1. The smallest absolute Gasteiger partial charge is 0.229 e. The minimum atomic E-state index is -0.128. The van der Waals surface area contributed by atoms with Gasteiger partial charge in [0.25, 0.3) is 0 Å². The maximum atomic E-state index is 12.3. The fraction of sp³-hybridized carbons (Fsp3) is 0.421. The molecule has 1 saturated heterocycles. The molecule has 2 aliphatic rings. The predicted octanol–water partition coefficient (Wildman–Crippen LogP) is 1.99. The Morgan fingerprint density at radius 2 is 1.96 bits per heavy atom. The molecule has 2 aromatic rings. The number of rotatable bonds is 2. The molecule has 26 heavy (non-hydrogen) atoms. The van der Waals surface area contributed by atoms with Crippen LogP contribution in [0.3, 0.4) is 0 Å². The molecule has 7 heteroatoms. The summed E-state index contributed by atoms with van der Waals surface area (Å²) < 4.78 is 5.38. The summed E-state index contributed by atoms with van der Waals surface area (Å²) in [5, 5.41) is 2.88. The molecule has 7 nitrogen and oxygen atoms in total. The lowest BCUT2D eigenvalue weighted by molar-refractivity contribution is -0.116. The van der Waals surface area contributed by atoms with E-state index in [4.69, 9.17) is 10.5 Å². The summed E-state index contributed by atoms with van der Waals surface area (Å²) in [7, 11) is 0. The highest BCUT2D eigenvalue weighted by Gasteiger charge is 2.32. The van der Waals surface area contributed by atoms with Crippen LogP contribution in [-0.4, -0.2) is 42.2 Å². The Balaban J connectivity index is 1.77. The fourth-order valence-corrected chi connectivity index (χ4v) is 3.55. The standard InChI is InChI=1S/C19H23N5O2/c1-11-3-4-13(9-12(11)2)14-10-15(25)21-18-16(14)17(20)22-19(23-18)24-5-7-26-8-6-24/h3-4,9,14H,5-8,10H2,1-2H3,(H3,20,21,22,23,25). The van der Waals surface area contributed by atoms with Crippen molar-refractivity contribution in [2.75, 3.05) is 42.3 Å². The van der Waals surface area contributed by atoms with Crippen molar-refractivity contribution in [1.82, 2.24) is 9.97 Å². The van der Waals surface area contributed by atoms with Gasteiger partial charge in [-0.25, -0.2) is 0 Å².